The fourth-order valence-corrected chi connectivity index (χ4v) is 2.44. The second kappa shape index (κ2) is 6.95. The molecule has 0 radical (unpaired) electrons. The summed E-state index contributed by atoms with van der Waals surface area (Å²) in [5.41, 5.74) is 1.52. The van der Waals surface area contributed by atoms with Gasteiger partial charge in [0, 0.05) is 5.69 Å². The van der Waals surface area contributed by atoms with Gasteiger partial charge in [-0.05, 0) is 30.3 Å². The van der Waals surface area contributed by atoms with Crippen LogP contribution in [0.1, 0.15) is 10.5 Å². The van der Waals surface area contributed by atoms with Gasteiger partial charge in [-0.2, -0.15) is 5.10 Å². The SMILES string of the molecule is COc1cn(-c2ccccc2)nc1C(=O)Nc1ccc(Cl)c(Cl)c1. The third kappa shape index (κ3) is 3.37. The quantitative estimate of drug-likeness (QED) is 0.747. The number of halogens is 2. The summed E-state index contributed by atoms with van der Waals surface area (Å²) in [5, 5.41) is 7.81. The van der Waals surface area contributed by atoms with Crippen LogP contribution in [0, 0.1) is 0 Å². The molecule has 0 saturated carbocycles. The number of nitrogens with zero attached hydrogens (tertiary/aromatic N) is 2. The maximum Gasteiger partial charge on any atom is 0.280 e. The zero-order valence-electron chi connectivity index (χ0n) is 12.7. The van der Waals surface area contributed by atoms with Gasteiger partial charge in [-0.15, -0.1) is 0 Å². The molecule has 0 spiro atoms. The van der Waals surface area contributed by atoms with Crippen molar-refractivity contribution < 1.29 is 9.53 Å². The summed E-state index contributed by atoms with van der Waals surface area (Å²) in [6.07, 6.45) is 1.65. The van der Waals surface area contributed by atoms with Crippen LogP contribution in [0.2, 0.25) is 10.0 Å². The molecule has 0 fully saturated rings. The summed E-state index contributed by atoms with van der Waals surface area (Å²) in [5.74, 6) is -0.0312. The number of para-hydroxylation sites is 1. The molecular weight excluding hydrogens is 349 g/mol. The summed E-state index contributed by atoms with van der Waals surface area (Å²) >= 11 is 11.8. The fraction of sp³-hybridized carbons (Fsp3) is 0.0588. The lowest BCUT2D eigenvalue weighted by Crippen LogP contribution is -2.14. The number of amides is 1. The third-order valence-corrected chi connectivity index (χ3v) is 4.05. The number of hydrogen-bond acceptors (Lipinski definition) is 3. The summed E-state index contributed by atoms with van der Waals surface area (Å²) in [6, 6.07) is 14.3. The Hall–Kier alpha value is -2.50. The molecule has 5 nitrogen and oxygen atoms in total. The van der Waals surface area contributed by atoms with E-state index in [4.69, 9.17) is 27.9 Å². The van der Waals surface area contributed by atoms with Crippen molar-refractivity contribution in [1.29, 1.82) is 0 Å². The molecule has 1 amide bonds. The van der Waals surface area contributed by atoms with Crippen LogP contribution < -0.4 is 10.1 Å². The number of hydrogen-bond donors (Lipinski definition) is 1. The minimum absolute atomic E-state index is 0.174. The predicted molar refractivity (Wildman–Crippen MR) is 94.5 cm³/mol. The van der Waals surface area contributed by atoms with Crippen molar-refractivity contribution in [2.24, 2.45) is 0 Å². The number of rotatable bonds is 4. The van der Waals surface area contributed by atoms with Gasteiger partial charge in [-0.1, -0.05) is 41.4 Å². The van der Waals surface area contributed by atoms with E-state index in [1.54, 1.807) is 29.1 Å². The number of anilines is 1. The van der Waals surface area contributed by atoms with Gasteiger partial charge < -0.3 is 10.1 Å². The van der Waals surface area contributed by atoms with E-state index in [1.165, 1.54) is 7.11 Å². The Bertz CT molecular complexity index is 879. The van der Waals surface area contributed by atoms with Gasteiger partial charge in [0.05, 0.1) is 29.0 Å². The third-order valence-electron chi connectivity index (χ3n) is 3.31. The molecule has 0 aliphatic heterocycles. The van der Waals surface area contributed by atoms with Gasteiger partial charge in [0.25, 0.3) is 5.91 Å². The lowest BCUT2D eigenvalue weighted by atomic mass is 10.3. The molecule has 0 bridgehead atoms. The van der Waals surface area contributed by atoms with E-state index in [1.807, 2.05) is 30.3 Å². The van der Waals surface area contributed by atoms with E-state index in [0.29, 0.717) is 21.5 Å². The van der Waals surface area contributed by atoms with Crippen LogP contribution in [0.3, 0.4) is 0 Å². The lowest BCUT2D eigenvalue weighted by molar-refractivity contribution is 0.101. The predicted octanol–water partition coefficient (Wildman–Crippen LogP) is 4.44. The first-order chi connectivity index (χ1) is 11.6. The molecule has 0 atom stereocenters. The lowest BCUT2D eigenvalue weighted by Gasteiger charge is -2.05. The van der Waals surface area contributed by atoms with Crippen LogP contribution in [0.15, 0.2) is 54.7 Å². The molecule has 0 unspecified atom stereocenters. The summed E-state index contributed by atoms with van der Waals surface area (Å²) < 4.78 is 6.84. The highest BCUT2D eigenvalue weighted by Gasteiger charge is 2.18. The molecule has 1 heterocycles. The highest BCUT2D eigenvalue weighted by Crippen LogP contribution is 2.26. The Morgan fingerprint density at radius 1 is 1.12 bits per heavy atom. The minimum atomic E-state index is -0.403. The molecule has 0 saturated heterocycles. The number of carbonyl (C=O) groups excluding carboxylic acids is 1. The van der Waals surface area contributed by atoms with Gasteiger partial charge in [0.2, 0.25) is 0 Å². The molecule has 1 N–H and O–H groups in total. The minimum Gasteiger partial charge on any atom is -0.493 e. The van der Waals surface area contributed by atoms with Crippen LogP contribution in [-0.4, -0.2) is 22.8 Å². The van der Waals surface area contributed by atoms with E-state index < -0.39 is 5.91 Å². The molecule has 3 aromatic rings. The van der Waals surface area contributed by atoms with Crippen LogP contribution in [0.25, 0.3) is 5.69 Å². The second-order valence-corrected chi connectivity index (χ2v) is 5.72. The first-order valence-corrected chi connectivity index (χ1v) is 7.79. The Kier molecular flexibility index (Phi) is 4.74. The monoisotopic (exact) mass is 361 g/mol. The van der Waals surface area contributed by atoms with Crippen LogP contribution in [0.5, 0.6) is 5.75 Å². The van der Waals surface area contributed by atoms with Crippen LogP contribution >= 0.6 is 23.2 Å². The Morgan fingerprint density at radius 2 is 1.88 bits per heavy atom. The van der Waals surface area contributed by atoms with Gasteiger partial charge in [0.15, 0.2) is 11.4 Å². The number of methoxy groups -OCH3 is 1. The van der Waals surface area contributed by atoms with Crippen molar-refractivity contribution >= 4 is 34.8 Å². The van der Waals surface area contributed by atoms with Gasteiger partial charge in [-0.3, -0.25) is 4.79 Å². The van der Waals surface area contributed by atoms with E-state index in [0.717, 1.165) is 5.69 Å². The maximum atomic E-state index is 12.5. The molecule has 3 rings (SSSR count). The van der Waals surface area contributed by atoms with Crippen molar-refractivity contribution in [2.45, 2.75) is 0 Å². The number of carbonyl (C=O) groups is 1. The highest BCUT2D eigenvalue weighted by atomic mass is 35.5. The number of benzene rings is 2. The standard InChI is InChI=1S/C17H13Cl2N3O2/c1-24-15-10-22(12-5-3-2-4-6-12)21-16(15)17(23)20-11-7-8-13(18)14(19)9-11/h2-10H,1H3,(H,20,23). The number of aromatic nitrogens is 2. The first-order valence-electron chi connectivity index (χ1n) is 7.04. The van der Waals surface area contributed by atoms with E-state index >= 15 is 0 Å². The largest absolute Gasteiger partial charge is 0.493 e. The highest BCUT2D eigenvalue weighted by molar-refractivity contribution is 6.42. The van der Waals surface area contributed by atoms with Crippen molar-refractivity contribution in [2.75, 3.05) is 12.4 Å². The van der Waals surface area contributed by atoms with Crippen LogP contribution in [-0.2, 0) is 0 Å². The average Bonchev–Trinajstić information content (AvgIpc) is 3.03. The van der Waals surface area contributed by atoms with Gasteiger partial charge >= 0.3 is 0 Å². The van der Waals surface area contributed by atoms with E-state index in [-0.39, 0.29) is 5.69 Å². The topological polar surface area (TPSA) is 56.2 Å². The first kappa shape index (κ1) is 16.4. The number of nitrogens with one attached hydrogen (secondary N) is 1. The zero-order valence-corrected chi connectivity index (χ0v) is 14.2. The van der Waals surface area contributed by atoms with Gasteiger partial charge in [0.1, 0.15) is 0 Å². The average molecular weight is 362 g/mol. The van der Waals surface area contributed by atoms with E-state index in [2.05, 4.69) is 10.4 Å². The molecule has 0 aliphatic carbocycles. The van der Waals surface area contributed by atoms with Gasteiger partial charge in [-0.25, -0.2) is 4.68 Å². The van der Waals surface area contributed by atoms with Crippen molar-refractivity contribution in [3.8, 4) is 11.4 Å². The smallest absolute Gasteiger partial charge is 0.280 e. The van der Waals surface area contributed by atoms with E-state index in [9.17, 15) is 4.79 Å². The molecule has 24 heavy (non-hydrogen) atoms. The molecule has 1 aromatic heterocycles. The molecule has 122 valence electrons. The summed E-state index contributed by atoms with van der Waals surface area (Å²) in [7, 11) is 1.49. The fourth-order valence-electron chi connectivity index (χ4n) is 2.14. The second-order valence-electron chi connectivity index (χ2n) is 4.91. The van der Waals surface area contributed by atoms with Crippen molar-refractivity contribution in [1.82, 2.24) is 9.78 Å². The van der Waals surface area contributed by atoms with Crippen molar-refractivity contribution in [3.05, 3.63) is 70.5 Å². The normalized spacial score (nSPS) is 10.5. The summed E-state index contributed by atoms with van der Waals surface area (Å²) in [4.78, 5) is 12.5. The van der Waals surface area contributed by atoms with Crippen molar-refractivity contribution in [3.63, 3.8) is 0 Å². The van der Waals surface area contributed by atoms with Crippen LogP contribution in [0.4, 0.5) is 5.69 Å². The summed E-state index contributed by atoms with van der Waals surface area (Å²) in [6.45, 7) is 0. The molecule has 2 aromatic carbocycles. The number of ether oxygens (including phenoxy) is 1. The molecule has 7 heteroatoms. The molecule has 0 aliphatic rings. The Balaban J connectivity index is 1.89. The Morgan fingerprint density at radius 3 is 2.54 bits per heavy atom. The molecular formula is C17H13Cl2N3O2. The zero-order chi connectivity index (χ0) is 17.1. The Labute approximate surface area is 148 Å². The maximum absolute atomic E-state index is 12.5.